The standard InChI is InChI=1S/C7H13NO.C6H5ClN.C3H8.Y/c1-5-2-6-4-7(3-5)8(6)9;7-5-1-3-6(8)4-2-5;1-3-2;/h5-7,9H,2-4H2,1H3;1-4,8H;3H2,1-2H3;/q;-1;;. The van der Waals surface area contributed by atoms with Crippen LogP contribution in [0.4, 0.5) is 5.69 Å². The molecule has 0 spiro atoms. The molecule has 1 aromatic carbocycles. The number of rotatable bonds is 0. The number of nitrogens with one attached hydrogen (secondary N) is 1. The van der Waals surface area contributed by atoms with Gasteiger partial charge < -0.3 is 10.9 Å². The Labute approximate surface area is 159 Å². The zero-order valence-corrected chi connectivity index (χ0v) is 16.8. The summed E-state index contributed by atoms with van der Waals surface area (Å²) in [5, 5.41) is 11.4. The smallest absolute Gasteiger partial charge is 0.0405 e. The van der Waals surface area contributed by atoms with Crippen LogP contribution >= 0.6 is 11.6 Å². The van der Waals surface area contributed by atoms with Crippen LogP contribution in [-0.2, 0) is 32.7 Å². The minimum absolute atomic E-state index is 0. The molecule has 2 saturated heterocycles. The second kappa shape index (κ2) is 11.0. The molecule has 0 aromatic heterocycles. The number of halogens is 1. The number of hydrogen-bond donors (Lipinski definition) is 1. The van der Waals surface area contributed by atoms with Gasteiger partial charge in [0.05, 0.1) is 0 Å². The summed E-state index contributed by atoms with van der Waals surface area (Å²) in [4.78, 5) is 0. The average Bonchev–Trinajstić information content (AvgIpc) is 2.43. The minimum Gasteiger partial charge on any atom is -0.699 e. The summed E-state index contributed by atoms with van der Waals surface area (Å²) in [6.45, 7) is 6.52. The van der Waals surface area contributed by atoms with E-state index in [1.165, 1.54) is 25.7 Å². The van der Waals surface area contributed by atoms with Crippen molar-refractivity contribution in [2.45, 2.75) is 58.5 Å². The fraction of sp³-hybridized carbons (Fsp3) is 0.625. The van der Waals surface area contributed by atoms with Gasteiger partial charge in [0.2, 0.25) is 0 Å². The van der Waals surface area contributed by atoms with E-state index in [1.54, 1.807) is 29.3 Å². The molecule has 4 rings (SSSR count). The van der Waals surface area contributed by atoms with Gasteiger partial charge in [-0.25, -0.2) is 0 Å². The molecule has 1 aromatic rings. The van der Waals surface area contributed by atoms with Crippen molar-refractivity contribution in [2.24, 2.45) is 5.92 Å². The van der Waals surface area contributed by atoms with Gasteiger partial charge in [0, 0.05) is 49.8 Å². The maximum Gasteiger partial charge on any atom is 0.0405 e. The predicted octanol–water partition coefficient (Wildman–Crippen LogP) is 5.69. The molecule has 3 aliphatic rings. The molecule has 2 unspecified atom stereocenters. The van der Waals surface area contributed by atoms with E-state index < -0.39 is 0 Å². The van der Waals surface area contributed by atoms with E-state index in [2.05, 4.69) is 20.8 Å². The van der Waals surface area contributed by atoms with E-state index in [0.29, 0.717) is 22.8 Å². The van der Waals surface area contributed by atoms with Crippen LogP contribution in [-0.4, -0.2) is 22.4 Å². The molecule has 2 atom stereocenters. The van der Waals surface area contributed by atoms with Crippen LogP contribution < -0.4 is 0 Å². The van der Waals surface area contributed by atoms with Crippen LogP contribution in [0.15, 0.2) is 24.3 Å². The molecule has 21 heavy (non-hydrogen) atoms. The van der Waals surface area contributed by atoms with E-state index in [-0.39, 0.29) is 32.7 Å². The van der Waals surface area contributed by atoms with Crippen LogP contribution in [0.1, 0.15) is 46.5 Å². The second-order valence-corrected chi connectivity index (χ2v) is 6.15. The first-order chi connectivity index (χ1) is 9.47. The minimum atomic E-state index is 0. The Bertz CT molecular complexity index is 355. The van der Waals surface area contributed by atoms with Crippen molar-refractivity contribution in [3.8, 4) is 0 Å². The topological polar surface area (TPSA) is 47.3 Å². The Kier molecular flexibility index (Phi) is 11.1. The van der Waals surface area contributed by atoms with Crippen molar-refractivity contribution < 1.29 is 37.9 Å². The molecule has 1 aliphatic carbocycles. The van der Waals surface area contributed by atoms with Crippen molar-refractivity contribution in [1.29, 1.82) is 0 Å². The molecule has 5 heteroatoms. The Balaban J connectivity index is 0.000000312. The third-order valence-corrected chi connectivity index (χ3v) is 3.74. The summed E-state index contributed by atoms with van der Waals surface area (Å²) in [6.07, 6.45) is 4.89. The quantitative estimate of drug-likeness (QED) is 0.623. The van der Waals surface area contributed by atoms with Crippen molar-refractivity contribution in [1.82, 2.24) is 5.06 Å². The molecule has 2 aliphatic heterocycles. The first kappa shape index (κ1) is 21.3. The zero-order chi connectivity index (χ0) is 15.1. The molecular formula is C16H26ClN2OY-. The van der Waals surface area contributed by atoms with Gasteiger partial charge in [-0.1, -0.05) is 50.9 Å². The summed E-state index contributed by atoms with van der Waals surface area (Å²) in [7, 11) is 0. The van der Waals surface area contributed by atoms with Crippen LogP contribution in [0.25, 0.3) is 5.73 Å². The van der Waals surface area contributed by atoms with Gasteiger partial charge >= 0.3 is 0 Å². The molecule has 1 saturated carbocycles. The van der Waals surface area contributed by atoms with Gasteiger partial charge in [0.1, 0.15) is 0 Å². The summed E-state index contributed by atoms with van der Waals surface area (Å²) < 4.78 is 0. The largest absolute Gasteiger partial charge is 0.699 e. The van der Waals surface area contributed by atoms with E-state index >= 15 is 0 Å². The second-order valence-electron chi connectivity index (χ2n) is 5.71. The van der Waals surface area contributed by atoms with E-state index in [1.807, 2.05) is 0 Å². The third kappa shape index (κ3) is 7.43. The molecule has 3 nitrogen and oxygen atoms in total. The molecule has 2 bridgehead atoms. The van der Waals surface area contributed by atoms with E-state index in [0.717, 1.165) is 5.92 Å². The number of nitrogens with zero attached hydrogens (tertiary/aromatic N) is 1. The Morgan fingerprint density at radius 1 is 1.14 bits per heavy atom. The summed E-state index contributed by atoms with van der Waals surface area (Å²) >= 11 is 5.53. The number of fused-ring (bicyclic) bond motifs is 2. The van der Waals surface area contributed by atoms with Gasteiger partial charge in [0.25, 0.3) is 0 Å². The Morgan fingerprint density at radius 3 is 1.86 bits per heavy atom. The number of piperidine rings is 1. The molecule has 0 amide bonds. The van der Waals surface area contributed by atoms with Crippen molar-refractivity contribution in [2.75, 3.05) is 0 Å². The van der Waals surface area contributed by atoms with Crippen molar-refractivity contribution in [3.05, 3.63) is 35.0 Å². The molecule has 3 fully saturated rings. The average molecular weight is 387 g/mol. The third-order valence-electron chi connectivity index (χ3n) is 3.49. The SMILES string of the molecule is CC1CC2CC(C1)N2O.CCC.[NH-]c1ccc(Cl)cc1.[Y]. The van der Waals surface area contributed by atoms with Crippen LogP contribution in [0.2, 0.25) is 5.02 Å². The van der Waals surface area contributed by atoms with Gasteiger partial charge in [0.15, 0.2) is 0 Å². The van der Waals surface area contributed by atoms with Gasteiger partial charge in [-0.2, -0.15) is 5.06 Å². The Morgan fingerprint density at radius 2 is 1.57 bits per heavy atom. The van der Waals surface area contributed by atoms with Gasteiger partial charge in [-0.15, -0.1) is 5.69 Å². The fourth-order valence-corrected chi connectivity index (χ4v) is 2.70. The monoisotopic (exact) mass is 386 g/mol. The van der Waals surface area contributed by atoms with E-state index in [9.17, 15) is 5.21 Å². The van der Waals surface area contributed by atoms with Gasteiger partial charge in [-0.3, -0.25) is 0 Å². The van der Waals surface area contributed by atoms with Crippen LogP contribution in [0.3, 0.4) is 0 Å². The van der Waals surface area contributed by atoms with Crippen molar-refractivity contribution >= 4 is 17.3 Å². The zero-order valence-electron chi connectivity index (χ0n) is 13.2. The van der Waals surface area contributed by atoms with Crippen LogP contribution in [0, 0.1) is 5.92 Å². The van der Waals surface area contributed by atoms with E-state index in [4.69, 9.17) is 17.3 Å². The first-order valence-electron chi connectivity index (χ1n) is 7.42. The predicted molar refractivity (Wildman–Crippen MR) is 85.6 cm³/mol. The number of hydroxylamine groups is 2. The first-order valence-corrected chi connectivity index (χ1v) is 7.80. The van der Waals surface area contributed by atoms with Crippen molar-refractivity contribution in [3.63, 3.8) is 0 Å². The summed E-state index contributed by atoms with van der Waals surface area (Å²) in [5.41, 5.74) is 7.53. The summed E-state index contributed by atoms with van der Waals surface area (Å²) in [5.74, 6) is 0.845. The molecule has 2 heterocycles. The van der Waals surface area contributed by atoms with Crippen LogP contribution in [0.5, 0.6) is 0 Å². The molecule has 1 radical (unpaired) electrons. The van der Waals surface area contributed by atoms with Gasteiger partial charge in [-0.05, 0) is 37.3 Å². The maximum atomic E-state index is 9.18. The Hall–Kier alpha value is 0.334. The molecule has 2 N–H and O–H groups in total. The maximum absolute atomic E-state index is 9.18. The fourth-order valence-electron chi connectivity index (χ4n) is 2.57. The summed E-state index contributed by atoms with van der Waals surface area (Å²) in [6, 6.07) is 7.73. The molecular weight excluding hydrogens is 361 g/mol. The number of benzene rings is 1. The normalized spacial score (nSPS) is 26.0. The number of hydrogen-bond acceptors (Lipinski definition) is 2. The molecule has 117 valence electrons.